The number of rotatable bonds is 6. The summed E-state index contributed by atoms with van der Waals surface area (Å²) in [4.78, 5) is 24.6. The molecule has 1 rings (SSSR count). The van der Waals surface area contributed by atoms with Crippen LogP contribution in [0, 0.1) is 5.92 Å². The van der Waals surface area contributed by atoms with Gasteiger partial charge in [0.1, 0.15) is 5.54 Å². The van der Waals surface area contributed by atoms with Gasteiger partial charge < -0.3 is 31.5 Å². The Labute approximate surface area is 130 Å². The molecule has 1 heterocycles. The molecule has 0 aromatic carbocycles. The van der Waals surface area contributed by atoms with Crippen molar-refractivity contribution in [2.45, 2.75) is 37.7 Å². The number of carboxylic acids is 1. The molecule has 21 heavy (non-hydrogen) atoms. The normalized spacial score (nSPS) is 26.1. The summed E-state index contributed by atoms with van der Waals surface area (Å²) in [5, 5.41) is 26.9. The van der Waals surface area contributed by atoms with E-state index in [2.05, 4.69) is 0 Å². The average molecular weight is 324 g/mol. The van der Waals surface area contributed by atoms with E-state index in [4.69, 9.17) is 21.5 Å². The number of hydrogen-bond acceptors (Lipinski definition) is 6. The summed E-state index contributed by atoms with van der Waals surface area (Å²) >= 11 is 0. The number of carbonyl (C=O) groups excluding carboxylic acids is 1. The van der Waals surface area contributed by atoms with E-state index in [-0.39, 0.29) is 37.7 Å². The molecule has 8 nitrogen and oxygen atoms in total. The number of likely N-dealkylation sites (tertiary alicyclic amines) is 1. The van der Waals surface area contributed by atoms with Crippen molar-refractivity contribution < 1.29 is 24.7 Å². The van der Waals surface area contributed by atoms with Gasteiger partial charge in [0.15, 0.2) is 0 Å². The van der Waals surface area contributed by atoms with Crippen molar-refractivity contribution in [2.24, 2.45) is 17.4 Å². The first-order valence-electron chi connectivity index (χ1n) is 6.61. The second kappa shape index (κ2) is 7.95. The molecule has 0 saturated carbocycles. The van der Waals surface area contributed by atoms with Gasteiger partial charge in [-0.1, -0.05) is 6.42 Å². The molecule has 0 aromatic rings. The minimum Gasteiger partial charge on any atom is -0.480 e. The van der Waals surface area contributed by atoms with Gasteiger partial charge in [0.25, 0.3) is 0 Å². The Hall–Kier alpha value is -0.865. The molecule has 0 radical (unpaired) electrons. The van der Waals surface area contributed by atoms with Crippen LogP contribution in [0.2, 0.25) is 6.32 Å². The minimum atomic E-state index is -1.51. The smallest absolute Gasteiger partial charge is 0.451 e. The second-order valence-corrected chi connectivity index (χ2v) is 5.46. The van der Waals surface area contributed by atoms with Crippen LogP contribution < -0.4 is 11.5 Å². The van der Waals surface area contributed by atoms with Gasteiger partial charge in [0.2, 0.25) is 5.91 Å². The molecule has 0 bridgehead atoms. The molecule has 1 aliphatic heterocycles. The molecule has 1 amide bonds. The fourth-order valence-electron chi connectivity index (χ4n) is 2.53. The van der Waals surface area contributed by atoms with Crippen molar-refractivity contribution in [3.63, 3.8) is 0 Å². The van der Waals surface area contributed by atoms with Crippen LogP contribution in [0.5, 0.6) is 0 Å². The Kier molecular flexibility index (Phi) is 7.62. The number of carbonyl (C=O) groups is 2. The Morgan fingerprint density at radius 1 is 1.48 bits per heavy atom. The molecule has 3 atom stereocenters. The lowest BCUT2D eigenvalue weighted by atomic mass is 9.78. The summed E-state index contributed by atoms with van der Waals surface area (Å²) in [5.41, 5.74) is 9.94. The van der Waals surface area contributed by atoms with Gasteiger partial charge in [-0.25, -0.2) is 0 Å². The first kappa shape index (κ1) is 20.1. The maximum Gasteiger partial charge on any atom is 0.451 e. The Bertz CT molecular complexity index is 385. The van der Waals surface area contributed by atoms with Crippen molar-refractivity contribution >= 4 is 31.4 Å². The van der Waals surface area contributed by atoms with Crippen LogP contribution >= 0.6 is 12.4 Å². The maximum atomic E-state index is 11.9. The fraction of sp³-hybridized carbons (Fsp3) is 0.818. The van der Waals surface area contributed by atoms with E-state index >= 15 is 0 Å². The van der Waals surface area contributed by atoms with E-state index < -0.39 is 30.6 Å². The zero-order valence-corrected chi connectivity index (χ0v) is 12.8. The highest BCUT2D eigenvalue weighted by atomic mass is 35.5. The van der Waals surface area contributed by atoms with Crippen molar-refractivity contribution in [2.75, 3.05) is 13.1 Å². The van der Waals surface area contributed by atoms with Crippen LogP contribution in [0.4, 0.5) is 0 Å². The van der Waals surface area contributed by atoms with Crippen molar-refractivity contribution in [1.29, 1.82) is 0 Å². The van der Waals surface area contributed by atoms with E-state index in [0.29, 0.717) is 12.8 Å². The molecular formula is C11H23BClN3O5. The van der Waals surface area contributed by atoms with Crippen molar-refractivity contribution in [3.8, 4) is 0 Å². The Morgan fingerprint density at radius 3 is 2.48 bits per heavy atom. The first-order chi connectivity index (χ1) is 9.18. The van der Waals surface area contributed by atoms with Gasteiger partial charge in [-0.2, -0.15) is 0 Å². The van der Waals surface area contributed by atoms with E-state index in [1.807, 2.05) is 0 Å². The summed E-state index contributed by atoms with van der Waals surface area (Å²) in [6.45, 7) is 1.69. The van der Waals surface area contributed by atoms with Crippen LogP contribution in [0.25, 0.3) is 0 Å². The van der Waals surface area contributed by atoms with Crippen LogP contribution in [-0.4, -0.2) is 63.7 Å². The summed E-state index contributed by atoms with van der Waals surface area (Å²) in [6.07, 6.45) is 0.978. The summed E-state index contributed by atoms with van der Waals surface area (Å²) < 4.78 is 0. The minimum absolute atomic E-state index is 0. The van der Waals surface area contributed by atoms with Gasteiger partial charge in [0.05, 0.1) is 6.04 Å². The van der Waals surface area contributed by atoms with E-state index in [1.165, 1.54) is 11.8 Å². The third kappa shape index (κ3) is 4.82. The summed E-state index contributed by atoms with van der Waals surface area (Å²) in [7, 11) is -1.42. The Balaban J connectivity index is 0.00000400. The zero-order chi connectivity index (χ0) is 15.5. The number of aliphatic carboxylic acids is 1. The van der Waals surface area contributed by atoms with Crippen molar-refractivity contribution in [1.82, 2.24) is 4.90 Å². The number of halogens is 1. The molecule has 1 fully saturated rings. The van der Waals surface area contributed by atoms with E-state index in [0.717, 1.165) is 0 Å². The second-order valence-electron chi connectivity index (χ2n) is 5.46. The molecule has 1 saturated heterocycles. The summed E-state index contributed by atoms with van der Waals surface area (Å²) in [5.74, 6) is -1.92. The molecule has 7 N–H and O–H groups in total. The molecule has 122 valence electrons. The average Bonchev–Trinajstić information content (AvgIpc) is 2.67. The van der Waals surface area contributed by atoms with Crippen molar-refractivity contribution in [3.05, 3.63) is 0 Å². The topological polar surface area (TPSA) is 150 Å². The fourth-order valence-corrected chi connectivity index (χ4v) is 2.53. The molecule has 0 aliphatic carbocycles. The maximum absolute atomic E-state index is 11.9. The summed E-state index contributed by atoms with van der Waals surface area (Å²) in [6, 6.07) is -0.703. The highest BCUT2D eigenvalue weighted by Crippen LogP contribution is 2.30. The van der Waals surface area contributed by atoms with Crippen LogP contribution in [-0.2, 0) is 9.59 Å². The number of carboxylic acid groups (broad SMARTS) is 1. The van der Waals surface area contributed by atoms with E-state index in [1.54, 1.807) is 0 Å². The number of hydrogen-bond donors (Lipinski definition) is 5. The van der Waals surface area contributed by atoms with Crippen LogP contribution in [0.1, 0.15) is 19.8 Å². The molecule has 0 unspecified atom stereocenters. The van der Waals surface area contributed by atoms with Gasteiger partial charge in [-0.15, -0.1) is 12.4 Å². The third-order valence-electron chi connectivity index (χ3n) is 3.74. The number of nitrogens with two attached hydrogens (primary N) is 2. The zero-order valence-electron chi connectivity index (χ0n) is 11.9. The number of amides is 1. The SMILES string of the molecule is C[C@H](N)C(=O)N1C[C@H](CCCB(O)O)[C@](N)(C(=O)O)C1.Cl. The standard InChI is InChI=1S/C11H22BN3O5.ClH/c1-7(13)9(16)15-5-8(3-2-4-12(19)20)11(14,6-15)10(17)18;/h7-8,19-20H,2-6,13-14H2,1H3,(H,17,18);1H/t7-,8-,11-;/m0./s1. The molecular weight excluding hydrogens is 300 g/mol. The van der Waals surface area contributed by atoms with Crippen LogP contribution in [0.3, 0.4) is 0 Å². The van der Waals surface area contributed by atoms with E-state index in [9.17, 15) is 14.7 Å². The first-order valence-corrected chi connectivity index (χ1v) is 6.61. The monoisotopic (exact) mass is 323 g/mol. The van der Waals surface area contributed by atoms with Gasteiger partial charge >= 0.3 is 13.1 Å². The molecule has 0 aromatic heterocycles. The predicted molar refractivity (Wildman–Crippen MR) is 79.8 cm³/mol. The van der Waals surface area contributed by atoms with Gasteiger partial charge in [-0.05, 0) is 19.7 Å². The molecule has 1 aliphatic rings. The quantitative estimate of drug-likeness (QED) is 0.364. The third-order valence-corrected chi connectivity index (χ3v) is 3.74. The lowest BCUT2D eigenvalue weighted by molar-refractivity contribution is -0.144. The molecule has 10 heteroatoms. The predicted octanol–water partition coefficient (Wildman–Crippen LogP) is -1.75. The molecule has 0 spiro atoms. The lowest BCUT2D eigenvalue weighted by Crippen LogP contribution is -2.55. The highest BCUT2D eigenvalue weighted by molar-refractivity contribution is 6.40. The van der Waals surface area contributed by atoms with Gasteiger partial charge in [0, 0.05) is 19.0 Å². The lowest BCUT2D eigenvalue weighted by Gasteiger charge is -2.25. The Morgan fingerprint density at radius 2 is 2.05 bits per heavy atom. The number of nitrogens with zero attached hydrogens (tertiary/aromatic N) is 1. The largest absolute Gasteiger partial charge is 0.480 e. The highest BCUT2D eigenvalue weighted by Gasteiger charge is 2.50. The van der Waals surface area contributed by atoms with Gasteiger partial charge in [-0.3, -0.25) is 9.59 Å². The van der Waals surface area contributed by atoms with Crippen LogP contribution in [0.15, 0.2) is 0 Å².